The predicted octanol–water partition coefficient (Wildman–Crippen LogP) is 2.37. The lowest BCUT2D eigenvalue weighted by molar-refractivity contribution is -0.143. The van der Waals surface area contributed by atoms with E-state index in [-0.39, 0.29) is 0 Å². The molecule has 4 nitrogen and oxygen atoms in total. The second-order valence-corrected chi connectivity index (χ2v) is 3.27. The van der Waals surface area contributed by atoms with E-state index >= 15 is 0 Å². The molecule has 0 fully saturated rings. The van der Waals surface area contributed by atoms with Crippen molar-refractivity contribution in [2.24, 2.45) is 0 Å². The summed E-state index contributed by atoms with van der Waals surface area (Å²) < 4.78 is 62.0. The van der Waals surface area contributed by atoms with Crippen LogP contribution in [0.2, 0.25) is 0 Å². The van der Waals surface area contributed by atoms with E-state index in [0.717, 1.165) is 0 Å². The standard InChI is InChI=1S/C9H6F5NO3/c10-8(11)4-1-3(2-5(16)17)15-7(6(4)18)9(12,13)14/h1,8,18H,2H2,(H,16,17). The third-order valence-electron chi connectivity index (χ3n) is 1.91. The van der Waals surface area contributed by atoms with Crippen molar-refractivity contribution in [3.8, 4) is 5.75 Å². The zero-order valence-electron chi connectivity index (χ0n) is 8.50. The van der Waals surface area contributed by atoms with Gasteiger partial charge in [0, 0.05) is 0 Å². The zero-order chi connectivity index (χ0) is 14.1. The molecule has 18 heavy (non-hydrogen) atoms. The molecule has 0 aliphatic carbocycles. The molecule has 1 aromatic heterocycles. The number of hydrogen-bond donors (Lipinski definition) is 2. The Balaban J connectivity index is 3.42. The van der Waals surface area contributed by atoms with Crippen LogP contribution in [0, 0.1) is 0 Å². The smallest absolute Gasteiger partial charge is 0.437 e. The van der Waals surface area contributed by atoms with Crippen LogP contribution in [0.5, 0.6) is 5.75 Å². The van der Waals surface area contributed by atoms with Crippen LogP contribution >= 0.6 is 0 Å². The van der Waals surface area contributed by atoms with Gasteiger partial charge in [-0.2, -0.15) is 13.2 Å². The van der Waals surface area contributed by atoms with Crippen LogP contribution in [0.25, 0.3) is 0 Å². The fourth-order valence-corrected chi connectivity index (χ4v) is 1.22. The molecule has 1 rings (SSSR count). The second-order valence-electron chi connectivity index (χ2n) is 3.27. The van der Waals surface area contributed by atoms with E-state index in [4.69, 9.17) is 10.2 Å². The van der Waals surface area contributed by atoms with Gasteiger partial charge >= 0.3 is 12.1 Å². The van der Waals surface area contributed by atoms with Crippen LogP contribution < -0.4 is 0 Å². The lowest BCUT2D eigenvalue weighted by Crippen LogP contribution is -2.13. The summed E-state index contributed by atoms with van der Waals surface area (Å²) in [4.78, 5) is 13.2. The molecule has 0 radical (unpaired) electrons. The number of halogens is 5. The predicted molar refractivity (Wildman–Crippen MR) is 47.2 cm³/mol. The van der Waals surface area contributed by atoms with Crippen molar-refractivity contribution in [2.75, 3.05) is 0 Å². The first-order valence-electron chi connectivity index (χ1n) is 4.43. The summed E-state index contributed by atoms with van der Waals surface area (Å²) in [6.45, 7) is 0. The van der Waals surface area contributed by atoms with Gasteiger partial charge in [-0.1, -0.05) is 0 Å². The molecule has 100 valence electrons. The van der Waals surface area contributed by atoms with Gasteiger partial charge in [0.1, 0.15) is 0 Å². The molecule has 0 aromatic carbocycles. The Hall–Kier alpha value is -1.93. The summed E-state index contributed by atoms with van der Waals surface area (Å²) in [7, 11) is 0. The number of carboxylic acid groups (broad SMARTS) is 1. The largest absolute Gasteiger partial charge is 0.505 e. The van der Waals surface area contributed by atoms with Gasteiger partial charge in [-0.15, -0.1) is 0 Å². The van der Waals surface area contributed by atoms with Crippen molar-refractivity contribution in [1.82, 2.24) is 4.98 Å². The van der Waals surface area contributed by atoms with Crippen LogP contribution in [-0.2, 0) is 17.4 Å². The molecule has 0 spiro atoms. The van der Waals surface area contributed by atoms with E-state index in [9.17, 15) is 26.7 Å². The summed E-state index contributed by atoms with van der Waals surface area (Å²) in [5.41, 5.74) is -3.92. The Bertz CT molecular complexity index is 472. The SMILES string of the molecule is O=C(O)Cc1cc(C(F)F)c(O)c(C(F)(F)F)n1. The molecule has 9 heteroatoms. The fraction of sp³-hybridized carbons (Fsp3) is 0.333. The van der Waals surface area contributed by atoms with E-state index < -0.39 is 47.7 Å². The first-order chi connectivity index (χ1) is 8.12. The molecule has 0 unspecified atom stereocenters. The van der Waals surface area contributed by atoms with Crippen molar-refractivity contribution in [1.29, 1.82) is 0 Å². The summed E-state index contributed by atoms with van der Waals surface area (Å²) in [5, 5.41) is 17.4. The quantitative estimate of drug-likeness (QED) is 0.828. The highest BCUT2D eigenvalue weighted by Gasteiger charge is 2.38. The van der Waals surface area contributed by atoms with E-state index in [1.165, 1.54) is 0 Å². The number of aliphatic carboxylic acids is 1. The van der Waals surface area contributed by atoms with Crippen molar-refractivity contribution in [2.45, 2.75) is 19.0 Å². The average molecular weight is 271 g/mol. The molecule has 0 saturated carbocycles. The van der Waals surface area contributed by atoms with Crippen molar-refractivity contribution < 1.29 is 37.0 Å². The van der Waals surface area contributed by atoms with E-state index in [1.54, 1.807) is 0 Å². The topological polar surface area (TPSA) is 70.4 Å². The van der Waals surface area contributed by atoms with Crippen LogP contribution in [0.1, 0.15) is 23.4 Å². The van der Waals surface area contributed by atoms with Gasteiger partial charge in [0.2, 0.25) is 0 Å². The number of alkyl halides is 5. The van der Waals surface area contributed by atoms with Crippen LogP contribution in [0.3, 0.4) is 0 Å². The highest BCUT2D eigenvalue weighted by Crippen LogP contribution is 2.39. The monoisotopic (exact) mass is 271 g/mol. The highest BCUT2D eigenvalue weighted by molar-refractivity contribution is 5.69. The molecule has 0 aliphatic rings. The van der Waals surface area contributed by atoms with Crippen molar-refractivity contribution in [3.05, 3.63) is 23.0 Å². The van der Waals surface area contributed by atoms with E-state index in [0.29, 0.717) is 6.07 Å². The number of aromatic hydroxyl groups is 1. The van der Waals surface area contributed by atoms with Gasteiger partial charge in [-0.05, 0) is 6.07 Å². The van der Waals surface area contributed by atoms with Crippen LogP contribution in [0.15, 0.2) is 6.07 Å². The number of carbonyl (C=O) groups is 1. The minimum atomic E-state index is -5.15. The van der Waals surface area contributed by atoms with E-state index in [2.05, 4.69) is 4.98 Å². The molecule has 0 aliphatic heterocycles. The maximum atomic E-state index is 12.4. The fourth-order valence-electron chi connectivity index (χ4n) is 1.22. The van der Waals surface area contributed by atoms with Gasteiger partial charge in [-0.3, -0.25) is 4.79 Å². The Morgan fingerprint density at radius 1 is 1.39 bits per heavy atom. The Morgan fingerprint density at radius 2 is 1.94 bits per heavy atom. The van der Waals surface area contributed by atoms with Gasteiger partial charge in [0.25, 0.3) is 6.43 Å². The lowest BCUT2D eigenvalue weighted by atomic mass is 10.1. The normalized spacial score (nSPS) is 11.9. The lowest BCUT2D eigenvalue weighted by Gasteiger charge is -2.13. The Labute approximate surface area is 96.7 Å². The molecular formula is C9H6F5NO3. The zero-order valence-corrected chi connectivity index (χ0v) is 8.50. The van der Waals surface area contributed by atoms with Crippen molar-refractivity contribution in [3.63, 3.8) is 0 Å². The number of aromatic nitrogens is 1. The minimum Gasteiger partial charge on any atom is -0.505 e. The molecule has 1 heterocycles. The summed E-state index contributed by atoms with van der Waals surface area (Å²) in [5.74, 6) is -3.21. The number of nitrogens with zero attached hydrogens (tertiary/aromatic N) is 1. The van der Waals surface area contributed by atoms with Gasteiger partial charge in [0.15, 0.2) is 11.4 Å². The van der Waals surface area contributed by atoms with Gasteiger partial charge in [0.05, 0.1) is 17.7 Å². The average Bonchev–Trinajstić information content (AvgIpc) is 2.17. The number of pyridine rings is 1. The number of hydrogen-bond acceptors (Lipinski definition) is 3. The first-order valence-corrected chi connectivity index (χ1v) is 4.43. The Kier molecular flexibility index (Phi) is 3.73. The maximum absolute atomic E-state index is 12.4. The molecular weight excluding hydrogens is 265 g/mol. The summed E-state index contributed by atoms with van der Waals surface area (Å²) in [6, 6.07) is 0.434. The van der Waals surface area contributed by atoms with Gasteiger partial charge in [-0.25, -0.2) is 13.8 Å². The maximum Gasteiger partial charge on any atom is 0.437 e. The molecule has 0 bridgehead atoms. The van der Waals surface area contributed by atoms with E-state index in [1.807, 2.05) is 0 Å². The molecule has 1 aromatic rings. The minimum absolute atomic E-state index is 0.434. The molecule has 0 saturated heterocycles. The summed E-state index contributed by atoms with van der Waals surface area (Å²) in [6.07, 6.45) is -9.48. The van der Waals surface area contributed by atoms with Crippen LogP contribution in [-0.4, -0.2) is 21.2 Å². The van der Waals surface area contributed by atoms with Gasteiger partial charge < -0.3 is 10.2 Å². The third kappa shape index (κ3) is 3.05. The molecule has 0 amide bonds. The number of rotatable bonds is 3. The highest BCUT2D eigenvalue weighted by atomic mass is 19.4. The third-order valence-corrected chi connectivity index (χ3v) is 1.91. The number of carboxylic acids is 1. The molecule has 0 atom stereocenters. The van der Waals surface area contributed by atoms with Crippen LogP contribution in [0.4, 0.5) is 22.0 Å². The van der Waals surface area contributed by atoms with Crippen molar-refractivity contribution >= 4 is 5.97 Å². The second kappa shape index (κ2) is 4.75. The first kappa shape index (κ1) is 14.1. The Morgan fingerprint density at radius 3 is 2.33 bits per heavy atom. The summed E-state index contributed by atoms with van der Waals surface area (Å²) >= 11 is 0. The molecule has 2 N–H and O–H groups in total.